The summed E-state index contributed by atoms with van der Waals surface area (Å²) in [4.78, 5) is 25.1. The van der Waals surface area contributed by atoms with Gasteiger partial charge in [0.1, 0.15) is 11.6 Å². The fourth-order valence-corrected chi connectivity index (χ4v) is 3.69. The lowest BCUT2D eigenvalue weighted by Gasteiger charge is -2.14. The second-order valence-corrected chi connectivity index (χ2v) is 8.44. The highest BCUT2D eigenvalue weighted by molar-refractivity contribution is 9.10. The van der Waals surface area contributed by atoms with Crippen molar-refractivity contribution in [2.45, 2.75) is 6.92 Å². The summed E-state index contributed by atoms with van der Waals surface area (Å²) >= 11 is 15.3. The zero-order valence-corrected chi connectivity index (χ0v) is 20.9. The Morgan fingerprint density at radius 1 is 1.09 bits per heavy atom. The predicted octanol–water partition coefficient (Wildman–Crippen LogP) is 6.92. The third-order valence-corrected chi connectivity index (χ3v) is 5.72. The lowest BCUT2D eigenvalue weighted by atomic mass is 10.1. The standard InChI is InChI=1S/C25H17BrCl2N2O4/c1-2-33-22-12-15(11-19(26)23(22)34-25(32)16-6-4-3-5-7-16)10-17(14-29)24(31)30-18-8-9-20(27)21(28)13-18/h3-13H,2H2,1H3,(H,30,31)/b17-10+. The monoisotopic (exact) mass is 558 g/mol. The molecular formula is C25H17BrCl2N2O4. The summed E-state index contributed by atoms with van der Waals surface area (Å²) in [5, 5.41) is 12.8. The lowest BCUT2D eigenvalue weighted by molar-refractivity contribution is -0.112. The van der Waals surface area contributed by atoms with E-state index in [2.05, 4.69) is 21.2 Å². The van der Waals surface area contributed by atoms with Gasteiger partial charge in [-0.2, -0.15) is 5.26 Å². The van der Waals surface area contributed by atoms with Crippen LogP contribution >= 0.6 is 39.1 Å². The van der Waals surface area contributed by atoms with Gasteiger partial charge in [0.15, 0.2) is 11.5 Å². The number of hydrogen-bond acceptors (Lipinski definition) is 5. The topological polar surface area (TPSA) is 88.4 Å². The maximum atomic E-state index is 12.6. The Morgan fingerprint density at radius 3 is 2.47 bits per heavy atom. The van der Waals surface area contributed by atoms with E-state index in [4.69, 9.17) is 32.7 Å². The summed E-state index contributed by atoms with van der Waals surface area (Å²) < 4.78 is 11.6. The first kappa shape index (κ1) is 25.3. The summed E-state index contributed by atoms with van der Waals surface area (Å²) in [7, 11) is 0. The van der Waals surface area contributed by atoms with Crippen molar-refractivity contribution in [2.24, 2.45) is 0 Å². The normalized spacial score (nSPS) is 10.9. The number of nitriles is 1. The Kier molecular flexibility index (Phi) is 8.72. The highest BCUT2D eigenvalue weighted by Gasteiger charge is 2.18. The van der Waals surface area contributed by atoms with Crippen LogP contribution in [-0.4, -0.2) is 18.5 Å². The molecule has 0 fully saturated rings. The van der Waals surface area contributed by atoms with Crippen LogP contribution in [0.4, 0.5) is 5.69 Å². The van der Waals surface area contributed by atoms with Crippen LogP contribution in [0.5, 0.6) is 11.5 Å². The molecule has 0 saturated carbocycles. The molecule has 0 spiro atoms. The number of anilines is 1. The average Bonchev–Trinajstić information content (AvgIpc) is 2.82. The molecule has 0 aliphatic rings. The summed E-state index contributed by atoms with van der Waals surface area (Å²) in [5.41, 5.74) is 1.09. The molecule has 1 N–H and O–H groups in total. The number of nitrogens with zero attached hydrogens (tertiary/aromatic N) is 1. The molecule has 0 aliphatic heterocycles. The zero-order chi connectivity index (χ0) is 24.7. The highest BCUT2D eigenvalue weighted by atomic mass is 79.9. The van der Waals surface area contributed by atoms with Crippen LogP contribution in [0, 0.1) is 11.3 Å². The Morgan fingerprint density at radius 2 is 1.82 bits per heavy atom. The van der Waals surface area contributed by atoms with E-state index in [1.54, 1.807) is 55.5 Å². The van der Waals surface area contributed by atoms with E-state index in [1.807, 2.05) is 6.07 Å². The summed E-state index contributed by atoms with van der Waals surface area (Å²) in [5.74, 6) is -0.722. The minimum Gasteiger partial charge on any atom is -0.490 e. The molecule has 0 heterocycles. The van der Waals surface area contributed by atoms with Crippen LogP contribution in [0.3, 0.4) is 0 Å². The van der Waals surface area contributed by atoms with Crippen LogP contribution in [0.25, 0.3) is 6.08 Å². The summed E-state index contributed by atoms with van der Waals surface area (Å²) in [6, 6.07) is 18.2. The van der Waals surface area contributed by atoms with Crippen molar-refractivity contribution in [3.8, 4) is 17.6 Å². The Balaban J connectivity index is 1.89. The first-order chi connectivity index (χ1) is 16.3. The highest BCUT2D eigenvalue weighted by Crippen LogP contribution is 2.38. The molecule has 0 atom stereocenters. The Hall–Kier alpha value is -3.31. The van der Waals surface area contributed by atoms with E-state index >= 15 is 0 Å². The van der Waals surface area contributed by atoms with Crippen molar-refractivity contribution < 1.29 is 19.1 Å². The second-order valence-electron chi connectivity index (χ2n) is 6.77. The number of ether oxygens (including phenoxy) is 2. The first-order valence-corrected chi connectivity index (χ1v) is 11.5. The van der Waals surface area contributed by atoms with Gasteiger partial charge in [0, 0.05) is 5.69 Å². The van der Waals surface area contributed by atoms with E-state index in [9.17, 15) is 14.9 Å². The molecule has 0 aliphatic carbocycles. The molecule has 0 unspecified atom stereocenters. The summed E-state index contributed by atoms with van der Waals surface area (Å²) in [6.45, 7) is 2.09. The number of esters is 1. The van der Waals surface area contributed by atoms with E-state index in [-0.39, 0.29) is 22.1 Å². The minimum atomic E-state index is -0.630. The van der Waals surface area contributed by atoms with Gasteiger partial charge in [0.2, 0.25) is 0 Å². The quantitative estimate of drug-likeness (QED) is 0.147. The number of carbonyl (C=O) groups is 2. The molecule has 9 heteroatoms. The van der Waals surface area contributed by atoms with Gasteiger partial charge in [-0.25, -0.2) is 4.79 Å². The molecular weight excluding hydrogens is 543 g/mol. The van der Waals surface area contributed by atoms with E-state index in [1.165, 1.54) is 18.2 Å². The number of carbonyl (C=O) groups excluding carboxylic acids is 2. The Labute approximate surface area is 214 Å². The SMILES string of the molecule is CCOc1cc(/C=C(\C#N)C(=O)Nc2ccc(Cl)c(Cl)c2)cc(Br)c1OC(=O)c1ccccc1. The van der Waals surface area contributed by atoms with Gasteiger partial charge in [0.25, 0.3) is 5.91 Å². The molecule has 172 valence electrons. The number of rotatable bonds is 7. The van der Waals surface area contributed by atoms with Gasteiger partial charge in [0.05, 0.1) is 26.7 Å². The zero-order valence-electron chi connectivity index (χ0n) is 17.8. The fourth-order valence-electron chi connectivity index (χ4n) is 2.85. The molecule has 0 saturated heterocycles. The second kappa shape index (κ2) is 11.7. The third-order valence-electron chi connectivity index (χ3n) is 4.39. The van der Waals surface area contributed by atoms with Crippen LogP contribution in [0.15, 0.2) is 70.7 Å². The molecule has 3 rings (SSSR count). The first-order valence-electron chi connectivity index (χ1n) is 9.94. The number of amides is 1. The van der Waals surface area contributed by atoms with Crippen LogP contribution in [0.2, 0.25) is 10.0 Å². The van der Waals surface area contributed by atoms with Crippen molar-refractivity contribution in [1.29, 1.82) is 5.26 Å². The Bertz CT molecular complexity index is 1300. The van der Waals surface area contributed by atoms with E-state index < -0.39 is 11.9 Å². The van der Waals surface area contributed by atoms with Gasteiger partial charge in [-0.05, 0) is 77.0 Å². The maximum Gasteiger partial charge on any atom is 0.343 e. The van der Waals surface area contributed by atoms with Crippen molar-refractivity contribution in [2.75, 3.05) is 11.9 Å². The molecule has 34 heavy (non-hydrogen) atoms. The molecule has 6 nitrogen and oxygen atoms in total. The van der Waals surface area contributed by atoms with E-state index in [0.717, 1.165) is 0 Å². The molecule has 1 amide bonds. The van der Waals surface area contributed by atoms with Crippen LogP contribution < -0.4 is 14.8 Å². The lowest BCUT2D eigenvalue weighted by Crippen LogP contribution is -2.13. The van der Waals surface area contributed by atoms with Gasteiger partial charge in [-0.1, -0.05) is 41.4 Å². The molecule has 3 aromatic carbocycles. The minimum absolute atomic E-state index is 0.158. The van der Waals surface area contributed by atoms with Crippen molar-refractivity contribution in [3.63, 3.8) is 0 Å². The number of hydrogen-bond donors (Lipinski definition) is 1. The number of benzene rings is 3. The third kappa shape index (κ3) is 6.39. The number of nitrogens with one attached hydrogen (secondary N) is 1. The van der Waals surface area contributed by atoms with Crippen LogP contribution in [-0.2, 0) is 4.79 Å². The van der Waals surface area contributed by atoms with Gasteiger partial charge in [-0.3, -0.25) is 4.79 Å². The average molecular weight is 560 g/mol. The van der Waals surface area contributed by atoms with Crippen molar-refractivity contribution in [1.82, 2.24) is 0 Å². The maximum absolute atomic E-state index is 12.6. The molecule has 3 aromatic rings. The van der Waals surface area contributed by atoms with Gasteiger partial charge >= 0.3 is 5.97 Å². The van der Waals surface area contributed by atoms with Gasteiger partial charge in [-0.15, -0.1) is 0 Å². The fraction of sp³-hybridized carbons (Fsp3) is 0.0800. The van der Waals surface area contributed by atoms with Crippen LogP contribution in [0.1, 0.15) is 22.8 Å². The summed E-state index contributed by atoms with van der Waals surface area (Å²) in [6.07, 6.45) is 1.39. The van der Waals surface area contributed by atoms with E-state index in [0.29, 0.717) is 32.9 Å². The number of halogens is 3. The van der Waals surface area contributed by atoms with Gasteiger partial charge < -0.3 is 14.8 Å². The molecule has 0 radical (unpaired) electrons. The molecule has 0 aromatic heterocycles. The predicted molar refractivity (Wildman–Crippen MR) is 135 cm³/mol. The van der Waals surface area contributed by atoms with Crippen molar-refractivity contribution >= 4 is 62.8 Å². The van der Waals surface area contributed by atoms with Crippen molar-refractivity contribution in [3.05, 3.63) is 91.9 Å². The smallest absolute Gasteiger partial charge is 0.343 e. The molecule has 0 bridgehead atoms. The largest absolute Gasteiger partial charge is 0.490 e.